The van der Waals surface area contributed by atoms with Crippen molar-refractivity contribution >= 4 is 33.4 Å². The first-order valence-electron chi connectivity index (χ1n) is 13.6. The molecule has 14 heteroatoms. The lowest BCUT2D eigenvalue weighted by atomic mass is 9.89. The second-order valence-corrected chi connectivity index (χ2v) is 10.4. The van der Waals surface area contributed by atoms with Crippen LogP contribution in [0.1, 0.15) is 55.6 Å². The summed E-state index contributed by atoms with van der Waals surface area (Å²) in [5.74, 6) is 0. The summed E-state index contributed by atoms with van der Waals surface area (Å²) in [7, 11) is 0. The molecule has 3 aromatic rings. The summed E-state index contributed by atoms with van der Waals surface area (Å²) in [6.07, 6.45) is -10.9. The van der Waals surface area contributed by atoms with Crippen LogP contribution in [-0.2, 0) is 12.4 Å². The maximum absolute atomic E-state index is 13.9. The van der Waals surface area contributed by atoms with Crippen LogP contribution in [0.25, 0.3) is 33.4 Å². The number of nitrogens with zero attached hydrogens (tertiary/aromatic N) is 8. The lowest BCUT2D eigenvalue weighted by Gasteiger charge is -2.17. The summed E-state index contributed by atoms with van der Waals surface area (Å²) in [6.45, 7) is 0. The molecule has 2 aliphatic rings. The number of hydrogen-bond acceptors (Lipinski definition) is 8. The Morgan fingerprint density at radius 1 is 0.440 bits per heavy atom. The molecule has 2 aliphatic carbocycles. The Bertz CT molecular complexity index is 2560. The number of allylic oxidation sites excluding steroid dienone is 8. The fraction of sp³-hybridized carbons (Fsp3) is 0.0556. The maximum atomic E-state index is 13.9. The third kappa shape index (κ3) is 5.06. The monoisotopic (exact) mass is 666 g/mol. The molecule has 5 rings (SSSR count). The second kappa shape index (κ2) is 12.0. The molecule has 0 aromatic heterocycles. The summed E-state index contributed by atoms with van der Waals surface area (Å²) in [5, 5.41) is 79.2. The smallest absolute Gasteiger partial charge is 0.192 e. The molecule has 0 atom stereocenters. The van der Waals surface area contributed by atoms with Crippen LogP contribution in [0.5, 0.6) is 0 Å². The van der Waals surface area contributed by atoms with Gasteiger partial charge < -0.3 is 0 Å². The maximum Gasteiger partial charge on any atom is 0.417 e. The summed E-state index contributed by atoms with van der Waals surface area (Å²) >= 11 is 0. The molecule has 0 saturated carbocycles. The van der Waals surface area contributed by atoms with Crippen molar-refractivity contribution in [2.75, 3.05) is 0 Å². The van der Waals surface area contributed by atoms with Crippen molar-refractivity contribution in [2.45, 2.75) is 12.4 Å². The van der Waals surface area contributed by atoms with E-state index < -0.39 is 56.9 Å². The van der Waals surface area contributed by atoms with Crippen molar-refractivity contribution in [3.8, 4) is 48.6 Å². The van der Waals surface area contributed by atoms with Gasteiger partial charge in [0.15, 0.2) is 0 Å². The summed E-state index contributed by atoms with van der Waals surface area (Å²) < 4.78 is 82.6. The summed E-state index contributed by atoms with van der Waals surface area (Å²) in [5.41, 5.74) is -7.84. The Morgan fingerprint density at radius 3 is 1.24 bits per heavy atom. The Morgan fingerprint density at radius 2 is 0.860 bits per heavy atom. The quantitative estimate of drug-likeness (QED) is 0.194. The highest BCUT2D eigenvalue weighted by atomic mass is 19.4. The van der Waals surface area contributed by atoms with E-state index in [4.69, 9.17) is 0 Å². The molecule has 8 nitrogen and oxygen atoms in total. The van der Waals surface area contributed by atoms with Crippen molar-refractivity contribution in [2.24, 2.45) is 0 Å². The van der Waals surface area contributed by atoms with Gasteiger partial charge >= 0.3 is 12.4 Å². The molecule has 0 saturated heterocycles. The van der Waals surface area contributed by atoms with Gasteiger partial charge in [-0.1, -0.05) is 12.1 Å². The van der Waals surface area contributed by atoms with E-state index in [0.717, 1.165) is 0 Å². The van der Waals surface area contributed by atoms with Crippen molar-refractivity contribution < 1.29 is 26.3 Å². The first-order chi connectivity index (χ1) is 23.7. The van der Waals surface area contributed by atoms with Gasteiger partial charge in [-0.25, -0.2) is 0 Å². The number of halogens is 6. The number of alkyl halides is 6. The number of benzene rings is 3. The highest BCUT2D eigenvalue weighted by Crippen LogP contribution is 2.55. The minimum absolute atomic E-state index is 0.00298. The Kier molecular flexibility index (Phi) is 8.07. The van der Waals surface area contributed by atoms with Crippen LogP contribution in [0.15, 0.2) is 59.7 Å². The Labute approximate surface area is 277 Å². The molecule has 0 radical (unpaired) electrons. The first kappa shape index (κ1) is 33.5. The molecule has 50 heavy (non-hydrogen) atoms. The van der Waals surface area contributed by atoms with Gasteiger partial charge in [-0.15, -0.1) is 0 Å². The van der Waals surface area contributed by atoms with E-state index in [9.17, 15) is 68.4 Å². The molecule has 3 aromatic carbocycles. The van der Waals surface area contributed by atoms with Crippen molar-refractivity contribution in [3.05, 3.63) is 115 Å². The van der Waals surface area contributed by atoms with E-state index in [0.29, 0.717) is 6.07 Å². The number of fused-ring (bicyclic) bond motifs is 2. The normalized spacial score (nSPS) is 13.0. The number of rotatable bonds is 2. The van der Waals surface area contributed by atoms with E-state index in [2.05, 4.69) is 0 Å². The van der Waals surface area contributed by atoms with Gasteiger partial charge in [0.05, 0.1) is 33.4 Å². The summed E-state index contributed by atoms with van der Waals surface area (Å²) in [6, 6.07) is 21.5. The molecule has 0 N–H and O–H groups in total. The molecular formula is C36H8F6N8. The van der Waals surface area contributed by atoms with Gasteiger partial charge in [-0.2, -0.15) is 68.4 Å². The van der Waals surface area contributed by atoms with Crippen LogP contribution < -0.4 is 0 Å². The van der Waals surface area contributed by atoms with Crippen LogP contribution in [0.4, 0.5) is 26.3 Å². The number of nitriles is 8. The SMILES string of the molecule is N#CC(C#N)=C1C(c2ccc(C#N)c(C#N)c2)=C(C#N)c2cc3c(cc21)C(C#N)=C(c1ccc(C(F)(F)F)c(C(F)(F)F)c1)C3=C(C#N)C#N. The second-order valence-electron chi connectivity index (χ2n) is 10.4. The van der Waals surface area contributed by atoms with Crippen molar-refractivity contribution in [1.82, 2.24) is 0 Å². The molecule has 234 valence electrons. The third-order valence-electron chi connectivity index (χ3n) is 7.87. The molecule has 0 spiro atoms. The van der Waals surface area contributed by atoms with Crippen LogP contribution >= 0.6 is 0 Å². The van der Waals surface area contributed by atoms with Gasteiger partial charge in [0, 0.05) is 33.4 Å². The van der Waals surface area contributed by atoms with E-state index >= 15 is 0 Å². The predicted molar refractivity (Wildman–Crippen MR) is 160 cm³/mol. The Hall–Kier alpha value is -7.88. The molecule has 0 fully saturated rings. The predicted octanol–water partition coefficient (Wildman–Crippen LogP) is 7.97. The topological polar surface area (TPSA) is 190 Å². The van der Waals surface area contributed by atoms with Gasteiger partial charge in [0.1, 0.15) is 59.7 Å². The minimum Gasteiger partial charge on any atom is -0.192 e. The highest BCUT2D eigenvalue weighted by Gasteiger charge is 2.44. The van der Waals surface area contributed by atoms with Crippen LogP contribution in [0.2, 0.25) is 0 Å². The average Bonchev–Trinajstić information content (AvgIpc) is 3.58. The molecule has 0 heterocycles. The van der Waals surface area contributed by atoms with E-state index in [1.807, 2.05) is 18.2 Å². The fourth-order valence-corrected chi connectivity index (χ4v) is 5.89. The van der Waals surface area contributed by atoms with Gasteiger partial charge in [0.25, 0.3) is 0 Å². The zero-order valence-corrected chi connectivity index (χ0v) is 24.5. The van der Waals surface area contributed by atoms with Crippen molar-refractivity contribution in [3.63, 3.8) is 0 Å². The lowest BCUT2D eigenvalue weighted by Crippen LogP contribution is -2.16. The standard InChI is InChI=1S/C36H8F6N8/c37-35(38,39)29-4-3-18(6-30(29)36(40,41)42)32-28(16-50)24-8-25-23(7-26(24)34(32)22(13-47)14-48)27(15-49)31(33(25)21(11-45)12-46)17-1-2-19(9-43)20(5-17)10-44/h1-8H. The number of hydrogen-bond donors (Lipinski definition) is 0. The van der Waals surface area contributed by atoms with Crippen LogP contribution in [0, 0.1) is 90.6 Å². The Balaban J connectivity index is 1.92. The minimum atomic E-state index is -5.51. The molecule has 0 unspecified atom stereocenters. The molecule has 0 amide bonds. The largest absolute Gasteiger partial charge is 0.417 e. The lowest BCUT2D eigenvalue weighted by molar-refractivity contribution is -0.162. The highest BCUT2D eigenvalue weighted by molar-refractivity contribution is 6.29. The van der Waals surface area contributed by atoms with Gasteiger partial charge in [-0.05, 0) is 58.7 Å². The zero-order valence-electron chi connectivity index (χ0n) is 24.5. The first-order valence-corrected chi connectivity index (χ1v) is 13.6. The van der Waals surface area contributed by atoms with E-state index in [1.54, 1.807) is 30.3 Å². The summed E-state index contributed by atoms with van der Waals surface area (Å²) in [4.78, 5) is 0. The van der Waals surface area contributed by atoms with E-state index in [-0.39, 0.29) is 67.8 Å². The van der Waals surface area contributed by atoms with Crippen molar-refractivity contribution in [1.29, 1.82) is 42.1 Å². The fourth-order valence-electron chi connectivity index (χ4n) is 5.89. The zero-order chi connectivity index (χ0) is 36.7. The molecular weight excluding hydrogens is 658 g/mol. The van der Waals surface area contributed by atoms with Crippen LogP contribution in [-0.4, -0.2) is 0 Å². The average molecular weight is 667 g/mol. The van der Waals surface area contributed by atoms with E-state index in [1.165, 1.54) is 30.3 Å². The van der Waals surface area contributed by atoms with Gasteiger partial charge in [-0.3, -0.25) is 0 Å². The third-order valence-corrected chi connectivity index (χ3v) is 7.87. The van der Waals surface area contributed by atoms with Gasteiger partial charge in [0.2, 0.25) is 0 Å². The molecule has 0 aliphatic heterocycles. The van der Waals surface area contributed by atoms with Crippen LogP contribution in [0.3, 0.4) is 0 Å². The molecule has 0 bridgehead atoms.